The van der Waals surface area contributed by atoms with Crippen LogP contribution in [0.25, 0.3) is 0 Å². The predicted octanol–water partition coefficient (Wildman–Crippen LogP) is 4.48. The van der Waals surface area contributed by atoms with Gasteiger partial charge in [0.05, 0.1) is 6.04 Å². The number of halogens is 4. The molecule has 0 saturated heterocycles. The van der Waals surface area contributed by atoms with Crippen molar-refractivity contribution in [1.82, 2.24) is 5.32 Å². The Morgan fingerprint density at radius 1 is 1.05 bits per heavy atom. The van der Waals surface area contributed by atoms with E-state index in [0.717, 1.165) is 0 Å². The summed E-state index contributed by atoms with van der Waals surface area (Å²) in [5.41, 5.74) is 0.534. The van der Waals surface area contributed by atoms with Crippen molar-refractivity contribution < 1.29 is 13.2 Å². The number of hydrogen-bond acceptors (Lipinski definition) is 1. The second kappa shape index (κ2) is 5.97. The van der Waals surface area contributed by atoms with Crippen LogP contribution in [-0.2, 0) is 0 Å². The van der Waals surface area contributed by atoms with Crippen LogP contribution < -0.4 is 5.32 Å². The Morgan fingerprint density at radius 2 is 1.75 bits per heavy atom. The third-order valence-electron chi connectivity index (χ3n) is 3.19. The largest absolute Gasteiger partial charge is 0.309 e. The van der Waals surface area contributed by atoms with E-state index in [2.05, 4.69) is 21.2 Å². The van der Waals surface area contributed by atoms with Crippen molar-refractivity contribution >= 4 is 15.9 Å². The molecule has 0 fully saturated rings. The molecule has 0 aliphatic heterocycles. The van der Waals surface area contributed by atoms with Gasteiger partial charge in [-0.3, -0.25) is 0 Å². The van der Waals surface area contributed by atoms with E-state index in [0.29, 0.717) is 4.47 Å². The summed E-state index contributed by atoms with van der Waals surface area (Å²) in [7, 11) is 1.57. The molecule has 0 aliphatic rings. The van der Waals surface area contributed by atoms with Gasteiger partial charge in [-0.15, -0.1) is 0 Å². The predicted molar refractivity (Wildman–Crippen MR) is 76.1 cm³/mol. The summed E-state index contributed by atoms with van der Waals surface area (Å²) in [5.74, 6) is -2.35. The fraction of sp³-hybridized carbons (Fsp3) is 0.200. The van der Waals surface area contributed by atoms with Gasteiger partial charge < -0.3 is 5.32 Å². The summed E-state index contributed by atoms with van der Waals surface area (Å²) in [5, 5.41) is 2.83. The van der Waals surface area contributed by atoms with Gasteiger partial charge in [-0.2, -0.15) is 0 Å². The molecule has 0 aliphatic carbocycles. The van der Waals surface area contributed by atoms with Crippen LogP contribution in [0, 0.1) is 24.4 Å². The maximum Gasteiger partial charge on any atom is 0.164 e. The molecule has 0 spiro atoms. The molecule has 2 aromatic rings. The Balaban J connectivity index is 2.62. The van der Waals surface area contributed by atoms with Gasteiger partial charge in [0.2, 0.25) is 0 Å². The van der Waals surface area contributed by atoms with Crippen molar-refractivity contribution in [3.8, 4) is 0 Å². The summed E-state index contributed by atoms with van der Waals surface area (Å²) in [6.07, 6.45) is 0. The number of aryl methyl sites for hydroxylation is 1. The third kappa shape index (κ3) is 2.60. The number of rotatable bonds is 3. The summed E-state index contributed by atoms with van der Waals surface area (Å²) in [6.45, 7) is 1.48. The number of benzene rings is 2. The van der Waals surface area contributed by atoms with Crippen LogP contribution in [-0.4, -0.2) is 7.05 Å². The summed E-state index contributed by atoms with van der Waals surface area (Å²) >= 11 is 3.25. The van der Waals surface area contributed by atoms with E-state index in [1.54, 1.807) is 19.2 Å². The van der Waals surface area contributed by atoms with Crippen molar-refractivity contribution in [2.24, 2.45) is 0 Å². The van der Waals surface area contributed by atoms with Gasteiger partial charge in [0, 0.05) is 15.6 Å². The van der Waals surface area contributed by atoms with Crippen molar-refractivity contribution in [2.45, 2.75) is 13.0 Å². The van der Waals surface area contributed by atoms with Crippen LogP contribution in [0.5, 0.6) is 0 Å². The molecular formula is C15H13BrF3N. The van der Waals surface area contributed by atoms with Gasteiger partial charge in [-0.25, -0.2) is 13.2 Å². The highest BCUT2D eigenvalue weighted by Gasteiger charge is 2.24. The minimum absolute atomic E-state index is 0.0707. The normalized spacial score (nSPS) is 12.5. The van der Waals surface area contributed by atoms with Crippen LogP contribution >= 0.6 is 15.9 Å². The molecule has 0 saturated carbocycles. The van der Waals surface area contributed by atoms with Crippen molar-refractivity contribution in [3.63, 3.8) is 0 Å². The molecule has 20 heavy (non-hydrogen) atoms. The lowest BCUT2D eigenvalue weighted by Gasteiger charge is -2.20. The van der Waals surface area contributed by atoms with E-state index in [1.807, 2.05) is 0 Å². The van der Waals surface area contributed by atoms with E-state index >= 15 is 0 Å². The monoisotopic (exact) mass is 343 g/mol. The van der Waals surface area contributed by atoms with Crippen molar-refractivity contribution in [3.05, 3.63) is 68.9 Å². The lowest BCUT2D eigenvalue weighted by atomic mass is 9.96. The Morgan fingerprint density at radius 3 is 2.35 bits per heavy atom. The SMILES string of the molecule is CNC(c1ccc(C)c(F)c1F)c1c(F)cccc1Br. The average molecular weight is 344 g/mol. The summed E-state index contributed by atoms with van der Waals surface area (Å²) in [4.78, 5) is 0. The molecule has 0 amide bonds. The molecule has 0 heterocycles. The van der Waals surface area contributed by atoms with E-state index in [1.165, 1.54) is 25.1 Å². The third-order valence-corrected chi connectivity index (χ3v) is 3.88. The highest BCUT2D eigenvalue weighted by Crippen LogP contribution is 2.33. The van der Waals surface area contributed by atoms with Crippen LogP contribution in [0.4, 0.5) is 13.2 Å². The second-order valence-electron chi connectivity index (χ2n) is 4.46. The zero-order valence-corrected chi connectivity index (χ0v) is 12.6. The van der Waals surface area contributed by atoms with E-state index in [4.69, 9.17) is 0 Å². The fourth-order valence-electron chi connectivity index (χ4n) is 2.13. The molecule has 2 rings (SSSR count). The van der Waals surface area contributed by atoms with Gasteiger partial charge in [0.1, 0.15) is 5.82 Å². The minimum Gasteiger partial charge on any atom is -0.309 e. The molecule has 2 aromatic carbocycles. The maximum absolute atomic E-state index is 14.1. The van der Waals surface area contributed by atoms with Gasteiger partial charge in [-0.1, -0.05) is 34.1 Å². The van der Waals surface area contributed by atoms with Crippen LogP contribution in [0.15, 0.2) is 34.8 Å². The molecular weight excluding hydrogens is 331 g/mol. The summed E-state index contributed by atoms with van der Waals surface area (Å²) < 4.78 is 42.3. The lowest BCUT2D eigenvalue weighted by Crippen LogP contribution is -2.21. The summed E-state index contributed by atoms with van der Waals surface area (Å²) in [6, 6.07) is 6.65. The quantitative estimate of drug-likeness (QED) is 0.866. The number of hydrogen-bond donors (Lipinski definition) is 1. The number of nitrogens with one attached hydrogen (secondary N) is 1. The minimum atomic E-state index is -0.959. The standard InChI is InChI=1S/C15H13BrF3N/c1-8-6-7-9(14(19)13(8)18)15(20-2)12-10(16)4-3-5-11(12)17/h3-7,15,20H,1-2H3. The first kappa shape index (κ1) is 15.1. The Kier molecular flexibility index (Phi) is 4.50. The first-order valence-corrected chi connectivity index (χ1v) is 6.82. The van der Waals surface area contributed by atoms with Crippen LogP contribution in [0.2, 0.25) is 0 Å². The highest BCUT2D eigenvalue weighted by molar-refractivity contribution is 9.10. The molecule has 1 N–H and O–H groups in total. The van der Waals surface area contributed by atoms with Gasteiger partial charge >= 0.3 is 0 Å². The smallest absolute Gasteiger partial charge is 0.164 e. The zero-order chi connectivity index (χ0) is 14.9. The van der Waals surface area contributed by atoms with E-state index in [-0.39, 0.29) is 16.7 Å². The zero-order valence-electron chi connectivity index (χ0n) is 11.0. The first-order chi connectivity index (χ1) is 9.47. The van der Waals surface area contributed by atoms with Gasteiger partial charge in [0.15, 0.2) is 11.6 Å². The molecule has 106 valence electrons. The molecule has 0 radical (unpaired) electrons. The fourth-order valence-corrected chi connectivity index (χ4v) is 2.70. The Bertz CT molecular complexity index is 623. The molecule has 1 atom stereocenters. The molecule has 0 bridgehead atoms. The van der Waals surface area contributed by atoms with E-state index < -0.39 is 23.5 Å². The van der Waals surface area contributed by atoms with Crippen molar-refractivity contribution in [1.29, 1.82) is 0 Å². The lowest BCUT2D eigenvalue weighted by molar-refractivity contribution is 0.478. The molecule has 5 heteroatoms. The highest BCUT2D eigenvalue weighted by atomic mass is 79.9. The van der Waals surface area contributed by atoms with Crippen LogP contribution in [0.1, 0.15) is 22.7 Å². The topological polar surface area (TPSA) is 12.0 Å². The Labute approximate surface area is 123 Å². The van der Waals surface area contributed by atoms with Gasteiger partial charge in [0.25, 0.3) is 0 Å². The average Bonchev–Trinajstić information content (AvgIpc) is 2.42. The first-order valence-electron chi connectivity index (χ1n) is 6.03. The second-order valence-corrected chi connectivity index (χ2v) is 5.31. The van der Waals surface area contributed by atoms with Crippen LogP contribution in [0.3, 0.4) is 0 Å². The Hall–Kier alpha value is -1.33. The molecule has 1 nitrogen and oxygen atoms in total. The van der Waals surface area contributed by atoms with E-state index in [9.17, 15) is 13.2 Å². The molecule has 0 aromatic heterocycles. The molecule has 1 unspecified atom stereocenters. The maximum atomic E-state index is 14.1. The van der Waals surface area contributed by atoms with Crippen molar-refractivity contribution in [2.75, 3.05) is 7.05 Å². The van der Waals surface area contributed by atoms with Gasteiger partial charge in [-0.05, 0) is 31.7 Å².